The highest BCUT2D eigenvalue weighted by molar-refractivity contribution is 7.90. The molecule has 0 aromatic heterocycles. The summed E-state index contributed by atoms with van der Waals surface area (Å²) in [7, 11) is -1.59. The highest BCUT2D eigenvalue weighted by Gasteiger charge is 2.28. The summed E-state index contributed by atoms with van der Waals surface area (Å²) in [4.78, 5) is 17.1. The molecule has 2 aliphatic heterocycles. The molecule has 0 bridgehead atoms. The summed E-state index contributed by atoms with van der Waals surface area (Å²) < 4.78 is 28.1. The molecule has 1 saturated heterocycles. The van der Waals surface area contributed by atoms with E-state index < -0.39 is 10.0 Å². The van der Waals surface area contributed by atoms with E-state index >= 15 is 0 Å². The number of hydrogen-bond donors (Lipinski definition) is 1. The van der Waals surface area contributed by atoms with Crippen LogP contribution in [-0.4, -0.2) is 63.2 Å². The fourth-order valence-corrected chi connectivity index (χ4v) is 4.64. The summed E-state index contributed by atoms with van der Waals surface area (Å²) in [5.74, 6) is 0.318. The van der Waals surface area contributed by atoms with Gasteiger partial charge in [0, 0.05) is 36.4 Å². The average molecular weight is 398 g/mol. The van der Waals surface area contributed by atoms with Crippen LogP contribution in [-0.2, 0) is 10.0 Å². The number of carbonyl (C=O) groups excluding carboxylic acids is 1. The molecule has 1 amide bonds. The van der Waals surface area contributed by atoms with Crippen molar-refractivity contribution in [2.75, 3.05) is 38.5 Å². The van der Waals surface area contributed by atoms with Crippen molar-refractivity contribution in [2.24, 2.45) is 4.40 Å². The number of amidine groups is 1. The van der Waals surface area contributed by atoms with Gasteiger partial charge in [0.2, 0.25) is 0 Å². The molecule has 0 saturated carbocycles. The number of amides is 1. The van der Waals surface area contributed by atoms with E-state index in [1.54, 1.807) is 48.5 Å². The van der Waals surface area contributed by atoms with Gasteiger partial charge < -0.3 is 15.1 Å². The van der Waals surface area contributed by atoms with Gasteiger partial charge in [0.1, 0.15) is 4.90 Å². The minimum Gasteiger partial charge on any atom is -0.339 e. The van der Waals surface area contributed by atoms with Crippen molar-refractivity contribution in [3.05, 3.63) is 59.7 Å². The van der Waals surface area contributed by atoms with Crippen LogP contribution < -0.4 is 5.32 Å². The Bertz CT molecular complexity index is 1030. The second kappa shape index (κ2) is 7.37. The first kappa shape index (κ1) is 18.6. The second-order valence-corrected chi connectivity index (χ2v) is 8.64. The first-order chi connectivity index (χ1) is 13.4. The van der Waals surface area contributed by atoms with Gasteiger partial charge in [-0.25, -0.2) is 0 Å². The molecule has 2 aromatic rings. The predicted molar refractivity (Wildman–Crippen MR) is 108 cm³/mol. The zero-order valence-corrected chi connectivity index (χ0v) is 16.4. The van der Waals surface area contributed by atoms with Gasteiger partial charge in [-0.2, -0.15) is 8.42 Å². The maximum absolute atomic E-state index is 12.7. The third-order valence-corrected chi connectivity index (χ3v) is 6.37. The standard InChI is InChI=1S/C20H22N4O3S/c1-23-11-4-12-24(14-13-23)20(25)15-7-9-16(10-8-15)21-19-17-5-2-3-6-18(17)28(26,27)22-19/h2-3,5-10H,4,11-14H2,1H3,(H,21,22). The van der Waals surface area contributed by atoms with Gasteiger partial charge in [-0.1, -0.05) is 12.1 Å². The van der Waals surface area contributed by atoms with E-state index in [0.717, 1.165) is 32.6 Å². The Morgan fingerprint density at radius 1 is 1.00 bits per heavy atom. The Labute approximate surface area is 164 Å². The molecule has 7 nitrogen and oxygen atoms in total. The number of anilines is 1. The van der Waals surface area contributed by atoms with E-state index in [0.29, 0.717) is 22.6 Å². The molecule has 0 atom stereocenters. The number of likely N-dealkylation sites (N-methyl/N-ethyl adjacent to an activating group) is 1. The zero-order chi connectivity index (χ0) is 19.7. The van der Waals surface area contributed by atoms with Crippen LogP contribution in [0, 0.1) is 0 Å². The molecule has 8 heteroatoms. The molecule has 4 rings (SSSR count). The first-order valence-corrected chi connectivity index (χ1v) is 10.7. The number of nitrogens with one attached hydrogen (secondary N) is 1. The summed E-state index contributed by atoms with van der Waals surface area (Å²) in [6.07, 6.45) is 0.968. The molecular weight excluding hydrogens is 376 g/mol. The lowest BCUT2D eigenvalue weighted by Crippen LogP contribution is -2.34. The van der Waals surface area contributed by atoms with Gasteiger partial charge in [0.05, 0.1) is 0 Å². The Hall–Kier alpha value is -2.71. The van der Waals surface area contributed by atoms with E-state index in [4.69, 9.17) is 0 Å². The summed E-state index contributed by atoms with van der Waals surface area (Å²) in [5.41, 5.74) is 1.85. The molecule has 2 heterocycles. The zero-order valence-electron chi connectivity index (χ0n) is 15.6. The van der Waals surface area contributed by atoms with Crippen molar-refractivity contribution in [1.82, 2.24) is 9.80 Å². The smallest absolute Gasteiger partial charge is 0.285 e. The fourth-order valence-electron chi connectivity index (χ4n) is 3.46. The van der Waals surface area contributed by atoms with E-state index in [9.17, 15) is 13.2 Å². The Morgan fingerprint density at radius 2 is 1.75 bits per heavy atom. The molecule has 2 aliphatic rings. The van der Waals surface area contributed by atoms with Crippen molar-refractivity contribution in [3.63, 3.8) is 0 Å². The maximum Gasteiger partial charge on any atom is 0.285 e. The predicted octanol–water partition coefficient (Wildman–Crippen LogP) is 2.03. The maximum atomic E-state index is 12.7. The highest BCUT2D eigenvalue weighted by atomic mass is 32.2. The van der Waals surface area contributed by atoms with Crippen LogP contribution >= 0.6 is 0 Å². The van der Waals surface area contributed by atoms with Crippen LogP contribution in [0.15, 0.2) is 57.8 Å². The number of benzene rings is 2. The van der Waals surface area contributed by atoms with Crippen molar-refractivity contribution in [2.45, 2.75) is 11.3 Å². The number of carbonyl (C=O) groups is 1. The lowest BCUT2D eigenvalue weighted by Gasteiger charge is -2.20. The minimum absolute atomic E-state index is 0.0213. The normalized spacial score (nSPS) is 18.9. The van der Waals surface area contributed by atoms with Crippen LogP contribution in [0.4, 0.5) is 5.69 Å². The fraction of sp³-hybridized carbons (Fsp3) is 0.300. The SMILES string of the molecule is CN1CCCN(C(=O)c2ccc(NC3=NS(=O)(=O)c4ccccc43)cc2)CC1. The van der Waals surface area contributed by atoms with Crippen molar-refractivity contribution >= 4 is 27.5 Å². The van der Waals surface area contributed by atoms with Gasteiger partial charge in [-0.05, 0) is 56.4 Å². The van der Waals surface area contributed by atoms with E-state index in [-0.39, 0.29) is 10.8 Å². The van der Waals surface area contributed by atoms with Gasteiger partial charge in [0.25, 0.3) is 15.9 Å². The minimum atomic E-state index is -3.66. The van der Waals surface area contributed by atoms with Crippen LogP contribution in [0.5, 0.6) is 0 Å². The molecule has 1 N–H and O–H groups in total. The third kappa shape index (κ3) is 3.65. The molecule has 0 radical (unpaired) electrons. The molecule has 0 spiro atoms. The lowest BCUT2D eigenvalue weighted by molar-refractivity contribution is 0.0763. The molecular formula is C20H22N4O3S. The number of hydrogen-bond acceptors (Lipinski definition) is 5. The van der Waals surface area contributed by atoms with E-state index in [2.05, 4.69) is 21.7 Å². The summed E-state index contributed by atoms with van der Waals surface area (Å²) in [6.45, 7) is 3.35. The largest absolute Gasteiger partial charge is 0.339 e. The summed E-state index contributed by atoms with van der Waals surface area (Å²) in [6, 6.07) is 13.8. The van der Waals surface area contributed by atoms with Crippen LogP contribution in [0.3, 0.4) is 0 Å². The number of nitrogens with zero attached hydrogens (tertiary/aromatic N) is 3. The van der Waals surface area contributed by atoms with E-state index in [1.165, 1.54) is 0 Å². The molecule has 28 heavy (non-hydrogen) atoms. The molecule has 2 aromatic carbocycles. The Morgan fingerprint density at radius 3 is 2.54 bits per heavy atom. The first-order valence-electron chi connectivity index (χ1n) is 9.23. The van der Waals surface area contributed by atoms with Gasteiger partial charge in [-0.3, -0.25) is 4.79 Å². The number of rotatable bonds is 2. The topological polar surface area (TPSA) is 82.1 Å². The molecule has 0 unspecified atom stereocenters. The average Bonchev–Trinajstić information content (AvgIpc) is 2.82. The second-order valence-electron chi connectivity index (χ2n) is 7.06. The Balaban J connectivity index is 1.49. The third-order valence-electron chi connectivity index (χ3n) is 5.03. The van der Waals surface area contributed by atoms with Crippen LogP contribution in [0.1, 0.15) is 22.3 Å². The number of sulfonamides is 1. The lowest BCUT2D eigenvalue weighted by atomic mass is 10.1. The molecule has 0 aliphatic carbocycles. The van der Waals surface area contributed by atoms with Crippen molar-refractivity contribution in [3.8, 4) is 0 Å². The molecule has 146 valence electrons. The summed E-state index contributed by atoms with van der Waals surface area (Å²) >= 11 is 0. The van der Waals surface area contributed by atoms with Gasteiger partial charge in [-0.15, -0.1) is 4.40 Å². The van der Waals surface area contributed by atoms with Crippen molar-refractivity contribution in [1.29, 1.82) is 0 Å². The van der Waals surface area contributed by atoms with Crippen LogP contribution in [0.25, 0.3) is 0 Å². The quantitative estimate of drug-likeness (QED) is 0.837. The van der Waals surface area contributed by atoms with E-state index in [1.807, 2.05) is 4.90 Å². The number of fused-ring (bicyclic) bond motifs is 1. The Kier molecular flexibility index (Phi) is 4.91. The highest BCUT2D eigenvalue weighted by Crippen LogP contribution is 2.26. The summed E-state index contributed by atoms with van der Waals surface area (Å²) in [5, 5.41) is 3.05. The van der Waals surface area contributed by atoms with Crippen LogP contribution in [0.2, 0.25) is 0 Å². The van der Waals surface area contributed by atoms with Crippen molar-refractivity contribution < 1.29 is 13.2 Å². The monoisotopic (exact) mass is 398 g/mol. The van der Waals surface area contributed by atoms with Gasteiger partial charge >= 0.3 is 0 Å². The van der Waals surface area contributed by atoms with Gasteiger partial charge in [0.15, 0.2) is 5.84 Å². The molecule has 1 fully saturated rings.